The molecule has 0 radical (unpaired) electrons. The lowest BCUT2D eigenvalue weighted by atomic mass is 10.2. The van der Waals surface area contributed by atoms with E-state index in [9.17, 15) is 9.59 Å². The molecule has 0 unspecified atom stereocenters. The van der Waals surface area contributed by atoms with Crippen molar-refractivity contribution < 1.29 is 14.4 Å². The zero-order valence-corrected chi connectivity index (χ0v) is 12.1. The van der Waals surface area contributed by atoms with E-state index in [0.717, 1.165) is 0 Å². The van der Waals surface area contributed by atoms with Crippen LogP contribution in [0.15, 0.2) is 0 Å². The van der Waals surface area contributed by atoms with Gasteiger partial charge in [-0.2, -0.15) is 11.8 Å². The highest BCUT2D eigenvalue weighted by molar-refractivity contribution is 7.99. The third kappa shape index (κ3) is 7.98. The van der Waals surface area contributed by atoms with Crippen LogP contribution in [0.4, 0.5) is 0 Å². The second kappa shape index (κ2) is 8.01. The van der Waals surface area contributed by atoms with Gasteiger partial charge in [0.25, 0.3) is 5.91 Å². The van der Waals surface area contributed by atoms with Crippen molar-refractivity contribution in [3.05, 3.63) is 0 Å². The Labute approximate surface area is 113 Å². The predicted octanol–water partition coefficient (Wildman–Crippen LogP) is 0.657. The number of hydrogen-bond acceptors (Lipinski definition) is 4. The van der Waals surface area contributed by atoms with Crippen LogP contribution in [0.5, 0.6) is 0 Å². The summed E-state index contributed by atoms with van der Waals surface area (Å²) in [4.78, 5) is 29.7. The third-order valence-corrected chi connectivity index (χ3v) is 2.24. The van der Waals surface area contributed by atoms with Crippen LogP contribution in [-0.2, 0) is 14.4 Å². The Balaban J connectivity index is 4.29. The maximum absolute atomic E-state index is 11.7. The highest BCUT2D eigenvalue weighted by atomic mass is 32.2. The van der Waals surface area contributed by atoms with Gasteiger partial charge in [-0.15, -0.1) is 6.42 Å². The van der Waals surface area contributed by atoms with E-state index in [1.54, 1.807) is 0 Å². The molecule has 2 amide bonds. The van der Waals surface area contributed by atoms with Crippen LogP contribution in [0.2, 0.25) is 0 Å². The van der Waals surface area contributed by atoms with Gasteiger partial charge in [0.2, 0.25) is 5.91 Å². The minimum Gasteiger partial charge on any atom is -0.321 e. The highest BCUT2D eigenvalue weighted by Crippen LogP contribution is 2.03. The molecule has 0 atom stereocenters. The monoisotopic (exact) mass is 272 g/mol. The molecule has 1 N–H and O–H groups in total. The molecule has 0 aromatic carbocycles. The van der Waals surface area contributed by atoms with E-state index in [2.05, 4.69) is 11.4 Å². The summed E-state index contributed by atoms with van der Waals surface area (Å²) >= 11 is 1.39. The van der Waals surface area contributed by atoms with Crippen LogP contribution in [0.1, 0.15) is 20.8 Å². The van der Waals surface area contributed by atoms with Crippen molar-refractivity contribution in [3.8, 4) is 12.3 Å². The number of hydroxylamine groups is 1. The number of nitrogens with zero attached hydrogens (tertiary/aromatic N) is 1. The molecule has 0 rings (SSSR count). The fraction of sp³-hybridized carbons (Fsp3) is 0.667. The Morgan fingerprint density at radius 1 is 1.44 bits per heavy atom. The smallest absolute Gasteiger partial charge is 0.263 e. The Hall–Kier alpha value is -1.19. The second-order valence-electron chi connectivity index (χ2n) is 4.63. The van der Waals surface area contributed by atoms with Gasteiger partial charge in [-0.3, -0.25) is 14.4 Å². The zero-order chi connectivity index (χ0) is 14.2. The fourth-order valence-corrected chi connectivity index (χ4v) is 1.40. The third-order valence-electron chi connectivity index (χ3n) is 1.71. The summed E-state index contributed by atoms with van der Waals surface area (Å²) in [6.45, 7) is 5.45. The first-order valence-electron chi connectivity index (χ1n) is 5.47. The number of terminal acetylenes is 1. The van der Waals surface area contributed by atoms with Crippen molar-refractivity contribution >= 4 is 23.6 Å². The van der Waals surface area contributed by atoms with Crippen molar-refractivity contribution in [1.29, 1.82) is 0 Å². The van der Waals surface area contributed by atoms with E-state index < -0.39 is 11.5 Å². The van der Waals surface area contributed by atoms with Crippen LogP contribution in [0, 0.1) is 12.3 Å². The number of nitrogens with one attached hydrogen (secondary N) is 1. The summed E-state index contributed by atoms with van der Waals surface area (Å²) in [6, 6.07) is 0. The maximum atomic E-state index is 11.7. The highest BCUT2D eigenvalue weighted by Gasteiger charge is 2.18. The van der Waals surface area contributed by atoms with Gasteiger partial charge < -0.3 is 4.90 Å². The number of rotatable bonds is 6. The SMILES string of the molecule is C#CCN(CC(=O)NOC(C)(C)C)C(=O)CSC. The van der Waals surface area contributed by atoms with Gasteiger partial charge in [0, 0.05) is 0 Å². The fourth-order valence-electron chi connectivity index (χ4n) is 0.973. The minimum absolute atomic E-state index is 0.0975. The van der Waals surface area contributed by atoms with E-state index in [1.165, 1.54) is 16.7 Å². The van der Waals surface area contributed by atoms with Gasteiger partial charge in [0.15, 0.2) is 0 Å². The Bertz CT molecular complexity index is 331. The number of carbonyl (C=O) groups excluding carboxylic acids is 2. The van der Waals surface area contributed by atoms with Crippen molar-refractivity contribution in [2.45, 2.75) is 26.4 Å². The lowest BCUT2D eigenvalue weighted by molar-refractivity contribution is -0.149. The molecule has 0 saturated heterocycles. The molecule has 0 bridgehead atoms. The predicted molar refractivity (Wildman–Crippen MR) is 72.8 cm³/mol. The molecule has 0 saturated carbocycles. The van der Waals surface area contributed by atoms with Crippen LogP contribution >= 0.6 is 11.8 Å². The standard InChI is InChI=1S/C12H20N2O3S/c1-6-7-14(11(16)9-18-5)8-10(15)13-17-12(2,3)4/h1H,7-9H2,2-5H3,(H,13,15). The number of thioether (sulfide) groups is 1. The van der Waals surface area contributed by atoms with E-state index in [0.29, 0.717) is 5.75 Å². The lowest BCUT2D eigenvalue weighted by Crippen LogP contribution is -2.43. The summed E-state index contributed by atoms with van der Waals surface area (Å²) in [7, 11) is 0. The Morgan fingerprint density at radius 3 is 2.50 bits per heavy atom. The van der Waals surface area contributed by atoms with Crippen LogP contribution in [0.25, 0.3) is 0 Å². The first-order chi connectivity index (χ1) is 8.30. The minimum atomic E-state index is -0.476. The maximum Gasteiger partial charge on any atom is 0.263 e. The molecular formula is C12H20N2O3S. The molecule has 0 aromatic heterocycles. The molecule has 0 aliphatic rings. The van der Waals surface area contributed by atoms with Crippen LogP contribution in [0.3, 0.4) is 0 Å². The van der Waals surface area contributed by atoms with Crippen LogP contribution < -0.4 is 5.48 Å². The molecule has 5 nitrogen and oxygen atoms in total. The van der Waals surface area contributed by atoms with Crippen molar-refractivity contribution in [2.75, 3.05) is 25.1 Å². The van der Waals surface area contributed by atoms with Gasteiger partial charge >= 0.3 is 0 Å². The number of amides is 2. The van der Waals surface area contributed by atoms with Gasteiger partial charge in [-0.1, -0.05) is 5.92 Å². The van der Waals surface area contributed by atoms with Gasteiger partial charge in [0.1, 0.15) is 6.54 Å². The molecule has 102 valence electrons. The molecule has 0 aliphatic carbocycles. The topological polar surface area (TPSA) is 58.6 Å². The first-order valence-corrected chi connectivity index (χ1v) is 6.86. The molecule has 0 fully saturated rings. The van der Waals surface area contributed by atoms with Crippen LogP contribution in [-0.4, -0.2) is 47.4 Å². The zero-order valence-electron chi connectivity index (χ0n) is 11.3. The first kappa shape index (κ1) is 16.8. The second-order valence-corrected chi connectivity index (χ2v) is 5.49. The summed E-state index contributed by atoms with van der Waals surface area (Å²) < 4.78 is 0. The Kier molecular flexibility index (Phi) is 7.48. The summed E-state index contributed by atoms with van der Waals surface area (Å²) in [5.74, 6) is 2.11. The average molecular weight is 272 g/mol. The van der Waals surface area contributed by atoms with Crippen molar-refractivity contribution in [3.63, 3.8) is 0 Å². The summed E-state index contributed by atoms with van der Waals surface area (Å²) in [5, 5.41) is 0. The molecule has 0 aliphatic heterocycles. The average Bonchev–Trinajstić information content (AvgIpc) is 2.25. The van der Waals surface area contributed by atoms with E-state index >= 15 is 0 Å². The Morgan fingerprint density at radius 2 is 2.06 bits per heavy atom. The lowest BCUT2D eigenvalue weighted by Gasteiger charge is -2.22. The number of carbonyl (C=O) groups is 2. The van der Waals surface area contributed by atoms with E-state index in [4.69, 9.17) is 11.3 Å². The quantitative estimate of drug-likeness (QED) is 0.570. The van der Waals surface area contributed by atoms with Gasteiger partial charge in [-0.05, 0) is 27.0 Å². The summed E-state index contributed by atoms with van der Waals surface area (Å²) in [5.41, 5.74) is 1.82. The molecular weight excluding hydrogens is 252 g/mol. The van der Waals surface area contributed by atoms with E-state index in [1.807, 2.05) is 27.0 Å². The molecule has 0 spiro atoms. The normalized spacial score (nSPS) is 10.6. The van der Waals surface area contributed by atoms with Gasteiger partial charge in [0.05, 0.1) is 17.9 Å². The summed E-state index contributed by atoms with van der Waals surface area (Å²) in [6.07, 6.45) is 6.98. The molecule has 6 heteroatoms. The number of hydrogen-bond donors (Lipinski definition) is 1. The van der Waals surface area contributed by atoms with Gasteiger partial charge in [-0.25, -0.2) is 5.48 Å². The molecule has 18 heavy (non-hydrogen) atoms. The molecule has 0 aromatic rings. The molecule has 0 heterocycles. The van der Waals surface area contributed by atoms with Crippen molar-refractivity contribution in [1.82, 2.24) is 10.4 Å². The van der Waals surface area contributed by atoms with E-state index in [-0.39, 0.29) is 19.0 Å². The van der Waals surface area contributed by atoms with Crippen molar-refractivity contribution in [2.24, 2.45) is 0 Å². The largest absolute Gasteiger partial charge is 0.321 e.